The maximum absolute atomic E-state index is 13.0. The van der Waals surface area contributed by atoms with Gasteiger partial charge in [0.2, 0.25) is 0 Å². The summed E-state index contributed by atoms with van der Waals surface area (Å²) in [6.45, 7) is 0.981. The van der Waals surface area contributed by atoms with Crippen molar-refractivity contribution < 1.29 is 18.3 Å². The van der Waals surface area contributed by atoms with Crippen LogP contribution in [0.4, 0.5) is 8.78 Å². The second-order valence-corrected chi connectivity index (χ2v) is 4.48. The third-order valence-corrected chi connectivity index (χ3v) is 2.70. The Kier molecular flexibility index (Phi) is 4.49. The highest BCUT2D eigenvalue weighted by atomic mass is 19.1. The first kappa shape index (κ1) is 13.2. The number of methoxy groups -OCH3 is 1. The molecule has 3 nitrogen and oxygen atoms in total. The van der Waals surface area contributed by atoms with Gasteiger partial charge >= 0.3 is 0 Å². The molecule has 0 heterocycles. The molecule has 0 spiro atoms. The van der Waals surface area contributed by atoms with E-state index in [-0.39, 0.29) is 11.9 Å². The molecule has 1 aromatic rings. The molecule has 1 fully saturated rings. The van der Waals surface area contributed by atoms with Crippen LogP contribution in [0.2, 0.25) is 0 Å². The molecule has 18 heavy (non-hydrogen) atoms. The summed E-state index contributed by atoms with van der Waals surface area (Å²) in [7, 11) is 1.57. The maximum atomic E-state index is 13.0. The van der Waals surface area contributed by atoms with Crippen LogP contribution in [0.25, 0.3) is 0 Å². The lowest BCUT2D eigenvalue weighted by Crippen LogP contribution is -2.36. The van der Waals surface area contributed by atoms with Crippen LogP contribution < -0.4 is 10.1 Å². The summed E-state index contributed by atoms with van der Waals surface area (Å²) in [5.41, 5.74) is 0. The minimum Gasteiger partial charge on any atom is -0.486 e. The van der Waals surface area contributed by atoms with Gasteiger partial charge in [0.1, 0.15) is 23.5 Å². The van der Waals surface area contributed by atoms with Crippen LogP contribution in [0.1, 0.15) is 12.8 Å². The van der Waals surface area contributed by atoms with Crippen LogP contribution in [0.5, 0.6) is 5.75 Å². The number of hydrogen-bond acceptors (Lipinski definition) is 3. The summed E-state index contributed by atoms with van der Waals surface area (Å²) in [5, 5.41) is 3.30. The zero-order valence-electron chi connectivity index (χ0n) is 10.3. The molecule has 0 amide bonds. The van der Waals surface area contributed by atoms with Gasteiger partial charge in [-0.1, -0.05) is 0 Å². The lowest BCUT2D eigenvalue weighted by molar-refractivity contribution is 0.0799. The van der Waals surface area contributed by atoms with E-state index in [2.05, 4.69) is 5.32 Å². The monoisotopic (exact) mass is 257 g/mol. The van der Waals surface area contributed by atoms with Crippen molar-refractivity contribution in [1.29, 1.82) is 0 Å². The number of nitrogens with one attached hydrogen (secondary N) is 1. The Balaban J connectivity index is 1.92. The number of halogens is 2. The lowest BCUT2D eigenvalue weighted by Gasteiger charge is -2.19. The van der Waals surface area contributed by atoms with Crippen LogP contribution in [-0.2, 0) is 4.74 Å². The third kappa shape index (κ3) is 4.23. The Morgan fingerprint density at radius 1 is 1.28 bits per heavy atom. The van der Waals surface area contributed by atoms with Crippen LogP contribution in [0.15, 0.2) is 18.2 Å². The van der Waals surface area contributed by atoms with E-state index in [1.165, 1.54) is 25.0 Å². The zero-order chi connectivity index (χ0) is 13.0. The number of benzene rings is 1. The average molecular weight is 257 g/mol. The molecule has 1 saturated carbocycles. The molecular formula is C13H17F2NO2. The van der Waals surface area contributed by atoms with Crippen molar-refractivity contribution in [2.24, 2.45) is 0 Å². The number of hydrogen-bond donors (Lipinski definition) is 1. The lowest BCUT2D eigenvalue weighted by atomic mass is 10.3. The SMILES string of the molecule is COCC(CNC1CC1)Oc1cc(F)cc(F)c1. The van der Waals surface area contributed by atoms with Gasteiger partial charge in [-0.3, -0.25) is 0 Å². The van der Waals surface area contributed by atoms with Crippen molar-refractivity contribution in [1.82, 2.24) is 5.32 Å². The minimum atomic E-state index is -0.642. The Hall–Kier alpha value is -1.20. The fraction of sp³-hybridized carbons (Fsp3) is 0.538. The molecular weight excluding hydrogens is 240 g/mol. The second kappa shape index (κ2) is 6.11. The van der Waals surface area contributed by atoms with Crippen LogP contribution in [-0.4, -0.2) is 32.4 Å². The Labute approximate surface area is 105 Å². The Morgan fingerprint density at radius 3 is 2.50 bits per heavy atom. The third-order valence-electron chi connectivity index (χ3n) is 2.70. The molecule has 0 aromatic heterocycles. The van der Waals surface area contributed by atoms with E-state index in [9.17, 15) is 8.78 Å². The summed E-state index contributed by atoms with van der Waals surface area (Å²) in [6.07, 6.45) is 2.10. The molecule has 0 bridgehead atoms. The van der Waals surface area contributed by atoms with Gasteiger partial charge in [-0.2, -0.15) is 0 Å². The van der Waals surface area contributed by atoms with Crippen molar-refractivity contribution in [3.05, 3.63) is 29.8 Å². The van der Waals surface area contributed by atoms with Gasteiger partial charge in [-0.15, -0.1) is 0 Å². The summed E-state index contributed by atoms with van der Waals surface area (Å²) in [5.74, 6) is -1.10. The molecule has 1 aromatic carbocycles. The predicted octanol–water partition coefficient (Wildman–Crippen LogP) is 2.11. The molecule has 1 aliphatic rings. The van der Waals surface area contributed by atoms with E-state index < -0.39 is 11.6 Å². The first-order valence-electron chi connectivity index (χ1n) is 6.02. The van der Waals surface area contributed by atoms with Crippen LogP contribution in [0.3, 0.4) is 0 Å². The summed E-state index contributed by atoms with van der Waals surface area (Å²) in [6, 6.07) is 3.71. The highest BCUT2D eigenvalue weighted by Crippen LogP contribution is 2.20. The fourth-order valence-corrected chi connectivity index (χ4v) is 1.70. The predicted molar refractivity (Wildman–Crippen MR) is 63.7 cm³/mol. The summed E-state index contributed by atoms with van der Waals surface area (Å²) < 4.78 is 36.6. The molecule has 100 valence electrons. The molecule has 0 radical (unpaired) electrons. The molecule has 1 aliphatic carbocycles. The van der Waals surface area contributed by atoms with Gasteiger partial charge in [-0.25, -0.2) is 8.78 Å². The highest BCUT2D eigenvalue weighted by molar-refractivity contribution is 5.24. The highest BCUT2D eigenvalue weighted by Gasteiger charge is 2.22. The topological polar surface area (TPSA) is 30.5 Å². The van der Waals surface area contributed by atoms with E-state index >= 15 is 0 Å². The van der Waals surface area contributed by atoms with E-state index in [0.29, 0.717) is 19.2 Å². The van der Waals surface area contributed by atoms with E-state index in [1.807, 2.05) is 0 Å². The summed E-state index contributed by atoms with van der Waals surface area (Å²) >= 11 is 0. The standard InChI is InChI=1S/C13H17F2NO2/c1-17-8-13(7-16-11-2-3-11)18-12-5-9(14)4-10(15)6-12/h4-6,11,13,16H,2-3,7-8H2,1H3. The molecule has 2 rings (SSSR count). The van der Waals surface area contributed by atoms with E-state index in [4.69, 9.17) is 9.47 Å². The molecule has 5 heteroatoms. The molecule has 1 atom stereocenters. The van der Waals surface area contributed by atoms with Crippen molar-refractivity contribution in [3.8, 4) is 5.75 Å². The van der Waals surface area contributed by atoms with Crippen molar-refractivity contribution in [2.75, 3.05) is 20.3 Å². The van der Waals surface area contributed by atoms with Crippen LogP contribution >= 0.6 is 0 Å². The first-order valence-corrected chi connectivity index (χ1v) is 6.02. The first-order chi connectivity index (χ1) is 8.67. The van der Waals surface area contributed by atoms with Crippen molar-refractivity contribution >= 4 is 0 Å². The average Bonchev–Trinajstić information content (AvgIpc) is 3.08. The largest absolute Gasteiger partial charge is 0.486 e. The maximum Gasteiger partial charge on any atom is 0.134 e. The van der Waals surface area contributed by atoms with Gasteiger partial charge in [-0.05, 0) is 12.8 Å². The summed E-state index contributed by atoms with van der Waals surface area (Å²) in [4.78, 5) is 0. The van der Waals surface area contributed by atoms with Gasteiger partial charge in [0, 0.05) is 37.9 Å². The minimum absolute atomic E-state index is 0.187. The second-order valence-electron chi connectivity index (χ2n) is 4.48. The normalized spacial score (nSPS) is 16.6. The van der Waals surface area contributed by atoms with Crippen molar-refractivity contribution in [3.63, 3.8) is 0 Å². The van der Waals surface area contributed by atoms with E-state index in [0.717, 1.165) is 6.07 Å². The smallest absolute Gasteiger partial charge is 0.134 e. The number of ether oxygens (including phenoxy) is 2. The van der Waals surface area contributed by atoms with Gasteiger partial charge < -0.3 is 14.8 Å². The van der Waals surface area contributed by atoms with Gasteiger partial charge in [0.25, 0.3) is 0 Å². The van der Waals surface area contributed by atoms with Crippen LogP contribution in [0, 0.1) is 11.6 Å². The fourth-order valence-electron chi connectivity index (χ4n) is 1.70. The molecule has 0 aliphatic heterocycles. The Bertz CT molecular complexity index is 376. The van der Waals surface area contributed by atoms with E-state index in [1.54, 1.807) is 7.11 Å². The zero-order valence-corrected chi connectivity index (χ0v) is 10.3. The van der Waals surface area contributed by atoms with Gasteiger partial charge in [0.15, 0.2) is 0 Å². The Morgan fingerprint density at radius 2 is 1.94 bits per heavy atom. The van der Waals surface area contributed by atoms with Crippen molar-refractivity contribution in [2.45, 2.75) is 25.0 Å². The quantitative estimate of drug-likeness (QED) is 0.811. The molecule has 1 N–H and O–H groups in total. The molecule has 0 saturated heterocycles. The number of rotatable bonds is 7. The molecule has 1 unspecified atom stereocenters. The van der Waals surface area contributed by atoms with Gasteiger partial charge in [0.05, 0.1) is 6.61 Å².